The predicted molar refractivity (Wildman–Crippen MR) is 126 cm³/mol. The number of sulfonamides is 1. The zero-order valence-corrected chi connectivity index (χ0v) is 20.3. The molecule has 0 atom stereocenters. The number of hydrogen-bond donors (Lipinski definition) is 0. The van der Waals surface area contributed by atoms with Crippen molar-refractivity contribution in [3.05, 3.63) is 36.0 Å². The van der Waals surface area contributed by atoms with Crippen LogP contribution in [0.2, 0.25) is 0 Å². The number of benzene rings is 1. The Kier molecular flexibility index (Phi) is 7.23. The summed E-state index contributed by atoms with van der Waals surface area (Å²) in [5, 5.41) is 4.25. The molecule has 0 aliphatic carbocycles. The predicted octanol–water partition coefficient (Wildman–Crippen LogP) is 2.44. The second-order valence-electron chi connectivity index (χ2n) is 8.40. The van der Waals surface area contributed by atoms with E-state index in [4.69, 9.17) is 4.74 Å². The van der Waals surface area contributed by atoms with E-state index in [2.05, 4.69) is 10.00 Å². The van der Waals surface area contributed by atoms with Gasteiger partial charge in [0.15, 0.2) is 0 Å². The fraction of sp³-hybridized carbons (Fsp3) is 0.565. The molecule has 0 spiro atoms. The van der Waals surface area contributed by atoms with Crippen molar-refractivity contribution in [1.29, 1.82) is 0 Å². The molecule has 10 heteroatoms. The molecule has 0 bridgehead atoms. The summed E-state index contributed by atoms with van der Waals surface area (Å²) < 4.78 is 36.0. The lowest BCUT2D eigenvalue weighted by atomic mass is 10.2. The Bertz CT molecular complexity index is 1070. The third-order valence-electron chi connectivity index (χ3n) is 6.13. The summed E-state index contributed by atoms with van der Waals surface area (Å²) in [6, 6.07) is 7.81. The SMILES string of the molecule is CCCn1cc(C(=O)N2CCCC2)c(S(=O)(=O)N2CCN(c3ccccc3OCC)CC2)n1. The van der Waals surface area contributed by atoms with Gasteiger partial charge < -0.3 is 14.5 Å². The molecular weight excluding hydrogens is 442 g/mol. The van der Waals surface area contributed by atoms with E-state index in [0.29, 0.717) is 52.4 Å². The zero-order chi connectivity index (χ0) is 23.4. The molecule has 1 aromatic heterocycles. The molecule has 0 saturated carbocycles. The standard InChI is InChI=1S/C23H33N5O4S/c1-3-11-27-18-19(23(29)26-12-7-8-13-26)22(24-27)33(30,31)28-16-14-25(15-17-28)20-9-5-6-10-21(20)32-4-2/h5-6,9-10,18H,3-4,7-8,11-17H2,1-2H3. The first kappa shape index (κ1) is 23.6. The van der Waals surface area contributed by atoms with Gasteiger partial charge in [-0.05, 0) is 38.3 Å². The lowest BCUT2D eigenvalue weighted by Gasteiger charge is -2.35. The molecule has 3 heterocycles. The second-order valence-corrected chi connectivity index (χ2v) is 10.3. The summed E-state index contributed by atoms with van der Waals surface area (Å²) in [7, 11) is -3.89. The van der Waals surface area contributed by atoms with E-state index in [1.165, 1.54) is 4.31 Å². The van der Waals surface area contributed by atoms with E-state index >= 15 is 0 Å². The fourth-order valence-corrected chi connectivity index (χ4v) is 5.98. The van der Waals surface area contributed by atoms with Crippen LogP contribution in [0.25, 0.3) is 0 Å². The number of aromatic nitrogens is 2. The van der Waals surface area contributed by atoms with Crippen molar-refractivity contribution < 1.29 is 17.9 Å². The van der Waals surface area contributed by atoms with Crippen molar-refractivity contribution in [3.63, 3.8) is 0 Å². The normalized spacial score (nSPS) is 17.5. The average molecular weight is 476 g/mol. The lowest BCUT2D eigenvalue weighted by Crippen LogP contribution is -2.49. The number of anilines is 1. The second kappa shape index (κ2) is 10.1. The molecule has 9 nitrogen and oxygen atoms in total. The Morgan fingerprint density at radius 1 is 1.03 bits per heavy atom. The highest BCUT2D eigenvalue weighted by molar-refractivity contribution is 7.89. The van der Waals surface area contributed by atoms with Crippen molar-refractivity contribution in [2.45, 2.75) is 44.7 Å². The molecule has 2 aromatic rings. The number of likely N-dealkylation sites (tertiary alicyclic amines) is 1. The van der Waals surface area contributed by atoms with Gasteiger partial charge in [-0.3, -0.25) is 9.48 Å². The summed E-state index contributed by atoms with van der Waals surface area (Å²) in [4.78, 5) is 17.0. The van der Waals surface area contributed by atoms with Crippen LogP contribution in [0.1, 0.15) is 43.5 Å². The van der Waals surface area contributed by atoms with Crippen LogP contribution in [-0.4, -0.2) is 79.2 Å². The topological polar surface area (TPSA) is 88.0 Å². The third kappa shape index (κ3) is 4.86. The zero-order valence-electron chi connectivity index (χ0n) is 19.4. The van der Waals surface area contributed by atoms with Crippen molar-refractivity contribution >= 4 is 21.6 Å². The van der Waals surface area contributed by atoms with Gasteiger partial charge >= 0.3 is 0 Å². The number of carbonyl (C=O) groups excluding carboxylic acids is 1. The average Bonchev–Trinajstić information content (AvgIpc) is 3.51. The summed E-state index contributed by atoms with van der Waals surface area (Å²) in [5.74, 6) is 0.561. The molecule has 4 rings (SSSR count). The molecular formula is C23H33N5O4S. The summed E-state index contributed by atoms with van der Waals surface area (Å²) >= 11 is 0. The van der Waals surface area contributed by atoms with Crippen LogP contribution in [0.15, 0.2) is 35.5 Å². The summed E-state index contributed by atoms with van der Waals surface area (Å²) in [5.41, 5.74) is 1.16. The van der Waals surface area contributed by atoms with Crippen LogP contribution in [0.4, 0.5) is 5.69 Å². The van der Waals surface area contributed by atoms with Gasteiger partial charge in [0.1, 0.15) is 5.75 Å². The monoisotopic (exact) mass is 475 g/mol. The number of amides is 1. The smallest absolute Gasteiger partial charge is 0.263 e. The molecule has 180 valence electrons. The molecule has 0 unspecified atom stereocenters. The van der Waals surface area contributed by atoms with Crippen LogP contribution < -0.4 is 9.64 Å². The lowest BCUT2D eigenvalue weighted by molar-refractivity contribution is 0.0788. The summed E-state index contributed by atoms with van der Waals surface area (Å²) in [6.07, 6.45) is 4.30. The molecule has 2 aliphatic heterocycles. The maximum absolute atomic E-state index is 13.6. The maximum Gasteiger partial charge on any atom is 0.263 e. The van der Waals surface area contributed by atoms with E-state index in [-0.39, 0.29) is 16.5 Å². The Labute approximate surface area is 196 Å². The molecule has 0 N–H and O–H groups in total. The van der Waals surface area contributed by atoms with Crippen molar-refractivity contribution in [2.24, 2.45) is 0 Å². The highest BCUT2D eigenvalue weighted by atomic mass is 32.2. The summed E-state index contributed by atoms with van der Waals surface area (Å²) in [6.45, 7) is 8.11. The number of hydrogen-bond acceptors (Lipinski definition) is 6. The van der Waals surface area contributed by atoms with Gasteiger partial charge in [-0.1, -0.05) is 19.1 Å². The number of para-hydroxylation sites is 2. The number of carbonyl (C=O) groups is 1. The minimum atomic E-state index is -3.89. The van der Waals surface area contributed by atoms with Gasteiger partial charge in [-0.2, -0.15) is 9.40 Å². The van der Waals surface area contributed by atoms with Crippen LogP contribution >= 0.6 is 0 Å². The quantitative estimate of drug-likeness (QED) is 0.583. The third-order valence-corrected chi connectivity index (χ3v) is 7.97. The van der Waals surface area contributed by atoms with Gasteiger partial charge in [0, 0.05) is 52.0 Å². The van der Waals surface area contributed by atoms with Crippen LogP contribution in [-0.2, 0) is 16.6 Å². The number of ether oxygens (including phenoxy) is 1. The van der Waals surface area contributed by atoms with E-state index < -0.39 is 10.0 Å². The molecule has 2 fully saturated rings. The molecule has 1 amide bonds. The fourth-order valence-electron chi connectivity index (χ4n) is 4.46. The van der Waals surface area contributed by atoms with Gasteiger partial charge in [0.25, 0.3) is 15.9 Å². The molecule has 2 aliphatic rings. The first-order chi connectivity index (χ1) is 16.0. The van der Waals surface area contributed by atoms with Gasteiger partial charge in [-0.15, -0.1) is 0 Å². The van der Waals surface area contributed by atoms with Crippen LogP contribution in [0.3, 0.4) is 0 Å². The Hall–Kier alpha value is -2.59. The highest BCUT2D eigenvalue weighted by Gasteiger charge is 2.36. The van der Waals surface area contributed by atoms with E-state index in [1.54, 1.807) is 15.8 Å². The van der Waals surface area contributed by atoms with Crippen molar-refractivity contribution in [2.75, 3.05) is 50.8 Å². The van der Waals surface area contributed by atoms with E-state index in [1.807, 2.05) is 38.1 Å². The molecule has 2 saturated heterocycles. The minimum absolute atomic E-state index is 0.115. The molecule has 1 aromatic carbocycles. The van der Waals surface area contributed by atoms with Crippen molar-refractivity contribution in [3.8, 4) is 5.75 Å². The van der Waals surface area contributed by atoms with Crippen LogP contribution in [0.5, 0.6) is 5.75 Å². The Morgan fingerprint density at radius 2 is 1.73 bits per heavy atom. The van der Waals surface area contributed by atoms with Gasteiger partial charge in [-0.25, -0.2) is 8.42 Å². The first-order valence-electron chi connectivity index (χ1n) is 11.8. The molecule has 33 heavy (non-hydrogen) atoms. The number of nitrogens with zero attached hydrogens (tertiary/aromatic N) is 5. The first-order valence-corrected chi connectivity index (χ1v) is 13.2. The largest absolute Gasteiger partial charge is 0.492 e. The number of aryl methyl sites for hydroxylation is 1. The highest BCUT2D eigenvalue weighted by Crippen LogP contribution is 2.30. The minimum Gasteiger partial charge on any atom is -0.492 e. The maximum atomic E-state index is 13.6. The number of piperazine rings is 1. The van der Waals surface area contributed by atoms with E-state index in [0.717, 1.165) is 30.7 Å². The van der Waals surface area contributed by atoms with Crippen LogP contribution in [0, 0.1) is 0 Å². The Morgan fingerprint density at radius 3 is 2.39 bits per heavy atom. The van der Waals surface area contributed by atoms with Gasteiger partial charge in [0.05, 0.1) is 17.9 Å². The number of rotatable bonds is 8. The van der Waals surface area contributed by atoms with Gasteiger partial charge in [0.2, 0.25) is 5.03 Å². The molecule has 0 radical (unpaired) electrons. The van der Waals surface area contributed by atoms with Crippen molar-refractivity contribution in [1.82, 2.24) is 19.0 Å². The van der Waals surface area contributed by atoms with E-state index in [9.17, 15) is 13.2 Å². The Balaban J connectivity index is 1.55.